The average Bonchev–Trinajstić information content (AvgIpc) is 2.68. The van der Waals surface area contributed by atoms with Gasteiger partial charge in [-0.25, -0.2) is 0 Å². The summed E-state index contributed by atoms with van der Waals surface area (Å²) in [6.07, 6.45) is 2.89. The Morgan fingerprint density at radius 2 is 1.54 bits per heavy atom. The van der Waals surface area contributed by atoms with E-state index in [4.69, 9.17) is 0 Å². The van der Waals surface area contributed by atoms with Crippen molar-refractivity contribution < 1.29 is 0 Å². The molecule has 0 bridgehead atoms. The number of hydrogen-bond acceptors (Lipinski definition) is 2. The van der Waals surface area contributed by atoms with Gasteiger partial charge >= 0.3 is 0 Å². The summed E-state index contributed by atoms with van der Waals surface area (Å²) in [5.74, 6) is 0.798. The second-order valence-electron chi connectivity index (χ2n) is 5.89. The van der Waals surface area contributed by atoms with Crippen LogP contribution >= 0.6 is 24.0 Å². The zero-order valence-electron chi connectivity index (χ0n) is 15.2. The van der Waals surface area contributed by atoms with Crippen molar-refractivity contribution >= 4 is 40.8 Å². The Bertz CT molecular complexity index is 871. The van der Waals surface area contributed by atoms with Crippen LogP contribution in [-0.4, -0.2) is 18.0 Å². The molecule has 3 rings (SSSR count). The first-order valence-electron chi connectivity index (χ1n) is 8.65. The van der Waals surface area contributed by atoms with Crippen molar-refractivity contribution in [2.24, 2.45) is 4.99 Å². The largest absolute Gasteiger partial charge is 0.352 e. The highest BCUT2D eigenvalue weighted by Crippen LogP contribution is 2.15. The van der Waals surface area contributed by atoms with Crippen LogP contribution in [0, 0.1) is 0 Å². The standard InChI is InChI=1S/C21H24N4.HI/c1-3-16-8-4-5-9-17(16)14-24-21(22-2)25-15-18-12-13-23-20-11-7-6-10-19(18)20;/h4-13H,3,14-15H2,1-2H3,(H2,22,24,25);1H. The third-order valence-electron chi connectivity index (χ3n) is 4.35. The normalized spacial score (nSPS) is 11.1. The molecule has 0 amide bonds. The van der Waals surface area contributed by atoms with Crippen molar-refractivity contribution in [3.63, 3.8) is 0 Å². The van der Waals surface area contributed by atoms with Crippen molar-refractivity contribution in [1.29, 1.82) is 0 Å². The highest BCUT2D eigenvalue weighted by atomic mass is 127. The van der Waals surface area contributed by atoms with E-state index in [1.807, 2.05) is 24.4 Å². The van der Waals surface area contributed by atoms with E-state index in [0.29, 0.717) is 6.54 Å². The summed E-state index contributed by atoms with van der Waals surface area (Å²) in [6.45, 7) is 3.65. The van der Waals surface area contributed by atoms with Crippen LogP contribution in [0.15, 0.2) is 65.8 Å². The average molecular weight is 460 g/mol. The summed E-state index contributed by atoms with van der Waals surface area (Å²) in [7, 11) is 1.80. The molecule has 4 nitrogen and oxygen atoms in total. The Labute approximate surface area is 172 Å². The zero-order chi connectivity index (χ0) is 17.5. The van der Waals surface area contributed by atoms with E-state index in [0.717, 1.165) is 24.4 Å². The van der Waals surface area contributed by atoms with E-state index < -0.39 is 0 Å². The Morgan fingerprint density at radius 3 is 2.27 bits per heavy atom. The van der Waals surface area contributed by atoms with Gasteiger partial charge in [-0.05, 0) is 35.2 Å². The van der Waals surface area contributed by atoms with Crippen LogP contribution < -0.4 is 10.6 Å². The lowest BCUT2D eigenvalue weighted by Gasteiger charge is -2.14. The summed E-state index contributed by atoms with van der Waals surface area (Å²) >= 11 is 0. The molecule has 3 aromatic rings. The lowest BCUT2D eigenvalue weighted by molar-refractivity contribution is 0.805. The number of nitrogens with zero attached hydrogens (tertiary/aromatic N) is 2. The van der Waals surface area contributed by atoms with Crippen LogP contribution in [0.5, 0.6) is 0 Å². The first-order valence-corrected chi connectivity index (χ1v) is 8.65. The third-order valence-corrected chi connectivity index (χ3v) is 4.35. The second-order valence-corrected chi connectivity index (χ2v) is 5.89. The molecule has 0 atom stereocenters. The molecule has 0 unspecified atom stereocenters. The number of pyridine rings is 1. The molecule has 0 saturated carbocycles. The quantitative estimate of drug-likeness (QED) is 0.340. The molecule has 0 fully saturated rings. The van der Waals surface area contributed by atoms with Gasteiger partial charge in [-0.2, -0.15) is 0 Å². The molecule has 0 aliphatic rings. The maximum atomic E-state index is 4.41. The third kappa shape index (κ3) is 4.94. The van der Waals surface area contributed by atoms with Crippen molar-refractivity contribution in [2.75, 3.05) is 7.05 Å². The minimum atomic E-state index is 0. The minimum Gasteiger partial charge on any atom is -0.352 e. The number of rotatable bonds is 5. The SMILES string of the molecule is CCc1ccccc1CNC(=NC)NCc1ccnc2ccccc12.I. The molecule has 1 heterocycles. The molecule has 0 aliphatic carbocycles. The molecule has 0 radical (unpaired) electrons. The number of aromatic nitrogens is 1. The Hall–Kier alpha value is -2.15. The molecule has 2 aromatic carbocycles. The van der Waals surface area contributed by atoms with Gasteiger partial charge in [0.15, 0.2) is 5.96 Å². The molecule has 1 aromatic heterocycles. The molecule has 136 valence electrons. The first-order chi connectivity index (χ1) is 12.3. The molecule has 0 spiro atoms. The van der Waals surface area contributed by atoms with Crippen LogP contribution in [-0.2, 0) is 19.5 Å². The maximum absolute atomic E-state index is 4.41. The van der Waals surface area contributed by atoms with Gasteiger partial charge in [-0.15, -0.1) is 24.0 Å². The van der Waals surface area contributed by atoms with Crippen molar-refractivity contribution in [3.8, 4) is 0 Å². The number of guanidine groups is 1. The number of aliphatic imine (C=N–C) groups is 1. The fourth-order valence-corrected chi connectivity index (χ4v) is 2.96. The van der Waals surface area contributed by atoms with Crippen molar-refractivity contribution in [1.82, 2.24) is 15.6 Å². The summed E-state index contributed by atoms with van der Waals surface area (Å²) in [5, 5.41) is 7.97. The van der Waals surface area contributed by atoms with E-state index in [1.54, 1.807) is 7.05 Å². The number of hydrogen-bond donors (Lipinski definition) is 2. The fourth-order valence-electron chi connectivity index (χ4n) is 2.96. The Balaban J connectivity index is 0.00000243. The molecule has 0 aliphatic heterocycles. The number of halogens is 1. The van der Waals surface area contributed by atoms with Crippen LogP contribution in [0.2, 0.25) is 0 Å². The molecular weight excluding hydrogens is 435 g/mol. The zero-order valence-corrected chi connectivity index (χ0v) is 17.5. The van der Waals surface area contributed by atoms with E-state index in [2.05, 4.69) is 63.9 Å². The Morgan fingerprint density at radius 1 is 0.885 bits per heavy atom. The number of nitrogens with one attached hydrogen (secondary N) is 2. The second kappa shape index (κ2) is 10.1. The number of fused-ring (bicyclic) bond motifs is 1. The topological polar surface area (TPSA) is 49.3 Å². The predicted octanol–water partition coefficient (Wildman–Crippen LogP) is 4.28. The van der Waals surface area contributed by atoms with E-state index in [9.17, 15) is 0 Å². The number of aryl methyl sites for hydroxylation is 1. The molecule has 26 heavy (non-hydrogen) atoms. The van der Waals surface area contributed by atoms with Gasteiger partial charge in [0, 0.05) is 31.7 Å². The monoisotopic (exact) mass is 460 g/mol. The molecule has 5 heteroatoms. The number of benzene rings is 2. The highest BCUT2D eigenvalue weighted by molar-refractivity contribution is 14.0. The number of para-hydroxylation sites is 1. The summed E-state index contributed by atoms with van der Waals surface area (Å²) in [4.78, 5) is 8.74. The first kappa shape index (κ1) is 20.2. The van der Waals surface area contributed by atoms with E-state index in [1.165, 1.54) is 22.1 Å². The van der Waals surface area contributed by atoms with E-state index >= 15 is 0 Å². The minimum absolute atomic E-state index is 0. The molecule has 0 saturated heterocycles. The maximum Gasteiger partial charge on any atom is 0.191 e. The molecule has 2 N–H and O–H groups in total. The van der Waals surface area contributed by atoms with Crippen LogP contribution in [0.1, 0.15) is 23.6 Å². The summed E-state index contributed by atoms with van der Waals surface area (Å²) in [5.41, 5.74) is 4.90. The van der Waals surface area contributed by atoms with Crippen molar-refractivity contribution in [2.45, 2.75) is 26.4 Å². The van der Waals surface area contributed by atoms with E-state index in [-0.39, 0.29) is 24.0 Å². The van der Waals surface area contributed by atoms with Gasteiger partial charge in [0.1, 0.15) is 0 Å². The van der Waals surface area contributed by atoms with Gasteiger partial charge in [-0.1, -0.05) is 49.4 Å². The van der Waals surface area contributed by atoms with Crippen LogP contribution in [0.4, 0.5) is 0 Å². The Kier molecular flexibility index (Phi) is 7.84. The predicted molar refractivity (Wildman–Crippen MR) is 120 cm³/mol. The highest BCUT2D eigenvalue weighted by Gasteiger charge is 2.04. The van der Waals surface area contributed by atoms with Crippen LogP contribution in [0.3, 0.4) is 0 Å². The fraction of sp³-hybridized carbons (Fsp3) is 0.238. The summed E-state index contributed by atoms with van der Waals surface area (Å²) in [6, 6.07) is 18.8. The summed E-state index contributed by atoms with van der Waals surface area (Å²) < 4.78 is 0. The van der Waals surface area contributed by atoms with Gasteiger partial charge in [-0.3, -0.25) is 9.98 Å². The van der Waals surface area contributed by atoms with Gasteiger partial charge in [0.25, 0.3) is 0 Å². The van der Waals surface area contributed by atoms with Gasteiger partial charge < -0.3 is 10.6 Å². The van der Waals surface area contributed by atoms with Crippen LogP contribution in [0.25, 0.3) is 10.9 Å². The van der Waals surface area contributed by atoms with Gasteiger partial charge in [0.2, 0.25) is 0 Å². The smallest absolute Gasteiger partial charge is 0.191 e. The lowest BCUT2D eigenvalue weighted by atomic mass is 10.1. The molecular formula is C21H25IN4. The van der Waals surface area contributed by atoms with Crippen molar-refractivity contribution in [3.05, 3.63) is 77.5 Å². The van der Waals surface area contributed by atoms with Gasteiger partial charge in [0.05, 0.1) is 5.52 Å². The lowest BCUT2D eigenvalue weighted by Crippen LogP contribution is -2.36.